The smallest absolute Gasteiger partial charge is 0.242 e. The van der Waals surface area contributed by atoms with Crippen molar-refractivity contribution in [3.63, 3.8) is 0 Å². The van der Waals surface area contributed by atoms with Gasteiger partial charge in [0.1, 0.15) is 6.54 Å². The molecule has 2 amide bonds. The van der Waals surface area contributed by atoms with Crippen molar-refractivity contribution in [3.8, 4) is 0 Å². The molecule has 2 aromatic carbocycles. The summed E-state index contributed by atoms with van der Waals surface area (Å²) >= 11 is 1.31. The second-order valence-corrected chi connectivity index (χ2v) is 10.1. The summed E-state index contributed by atoms with van der Waals surface area (Å²) in [6.45, 7) is 7.66. The van der Waals surface area contributed by atoms with Gasteiger partial charge in [0.25, 0.3) is 0 Å². The van der Waals surface area contributed by atoms with Gasteiger partial charge in [-0.15, -0.1) is 0 Å². The molecule has 7 nitrogen and oxygen atoms in total. The fraction of sp³-hybridized carbons (Fsp3) is 0.385. The summed E-state index contributed by atoms with van der Waals surface area (Å²) in [5.74, 6) is 1.03. The second-order valence-electron chi connectivity index (χ2n) is 9.18. The minimum atomic E-state index is -0.177. The number of hydrogen-bond acceptors (Lipinski definition) is 5. The molecule has 0 radical (unpaired) electrons. The van der Waals surface area contributed by atoms with Crippen LogP contribution in [0, 0.1) is 11.8 Å². The van der Waals surface area contributed by atoms with Crippen LogP contribution in [0.3, 0.4) is 0 Å². The summed E-state index contributed by atoms with van der Waals surface area (Å²) in [7, 11) is 0. The van der Waals surface area contributed by atoms with Gasteiger partial charge in [-0.25, -0.2) is 4.98 Å². The lowest BCUT2D eigenvalue weighted by atomic mass is 9.92. The number of nitrogens with zero attached hydrogens (tertiary/aromatic N) is 3. The van der Waals surface area contributed by atoms with E-state index in [1.165, 1.54) is 18.7 Å². The molecule has 4 rings (SSSR count). The van der Waals surface area contributed by atoms with Crippen LogP contribution >= 0.6 is 11.8 Å². The maximum atomic E-state index is 13.2. The van der Waals surface area contributed by atoms with Gasteiger partial charge >= 0.3 is 0 Å². The number of carbonyl (C=O) groups is 3. The summed E-state index contributed by atoms with van der Waals surface area (Å²) < 4.78 is 1.92. The van der Waals surface area contributed by atoms with Crippen LogP contribution in [0.25, 0.3) is 11.0 Å². The van der Waals surface area contributed by atoms with Crippen LogP contribution in [0.15, 0.2) is 53.7 Å². The highest BCUT2D eigenvalue weighted by molar-refractivity contribution is 7.99. The SMILES string of the molecule is CC(=O)c1ccc(NC(=O)CSc2nc3ccccc3n2CC(=O)N2C[C@H](C)C[C@@H](C)C2)cc1. The van der Waals surface area contributed by atoms with Gasteiger partial charge in [-0.1, -0.05) is 37.7 Å². The van der Waals surface area contributed by atoms with E-state index in [-0.39, 0.29) is 29.9 Å². The molecule has 8 heteroatoms. The Balaban J connectivity index is 1.46. The summed E-state index contributed by atoms with van der Waals surface area (Å²) in [5, 5.41) is 3.50. The van der Waals surface area contributed by atoms with Gasteiger partial charge in [0.15, 0.2) is 10.9 Å². The van der Waals surface area contributed by atoms with E-state index >= 15 is 0 Å². The Morgan fingerprint density at radius 3 is 2.38 bits per heavy atom. The number of thioether (sulfide) groups is 1. The molecule has 0 unspecified atom stereocenters. The zero-order valence-electron chi connectivity index (χ0n) is 19.8. The summed E-state index contributed by atoms with van der Waals surface area (Å²) in [4.78, 5) is 43.8. The van der Waals surface area contributed by atoms with Crippen LogP contribution < -0.4 is 5.32 Å². The van der Waals surface area contributed by atoms with Crippen molar-refractivity contribution < 1.29 is 14.4 Å². The molecule has 1 saturated heterocycles. The quantitative estimate of drug-likeness (QED) is 0.400. The van der Waals surface area contributed by atoms with Gasteiger partial charge in [0.05, 0.1) is 16.8 Å². The minimum Gasteiger partial charge on any atom is -0.341 e. The maximum absolute atomic E-state index is 13.2. The highest BCUT2D eigenvalue weighted by atomic mass is 32.2. The first kappa shape index (κ1) is 24.0. The number of aromatic nitrogens is 2. The first-order valence-electron chi connectivity index (χ1n) is 11.6. The maximum Gasteiger partial charge on any atom is 0.242 e. The molecule has 34 heavy (non-hydrogen) atoms. The lowest BCUT2D eigenvalue weighted by molar-refractivity contribution is -0.134. The molecule has 2 atom stereocenters. The van der Waals surface area contributed by atoms with E-state index in [0.29, 0.717) is 28.2 Å². The van der Waals surface area contributed by atoms with Gasteiger partial charge in [-0.3, -0.25) is 14.4 Å². The van der Waals surface area contributed by atoms with E-state index in [0.717, 1.165) is 30.5 Å². The zero-order valence-corrected chi connectivity index (χ0v) is 20.6. The van der Waals surface area contributed by atoms with E-state index in [9.17, 15) is 14.4 Å². The lowest BCUT2D eigenvalue weighted by Crippen LogP contribution is -2.44. The molecule has 1 aliphatic heterocycles. The molecular weight excluding hydrogens is 448 g/mol. The number of para-hydroxylation sites is 2. The third-order valence-corrected chi connectivity index (χ3v) is 7.02. The van der Waals surface area contributed by atoms with Crippen LogP contribution in [0.4, 0.5) is 5.69 Å². The van der Waals surface area contributed by atoms with Crippen LogP contribution in [-0.4, -0.2) is 50.9 Å². The van der Waals surface area contributed by atoms with Crippen molar-refractivity contribution >= 4 is 46.1 Å². The third kappa shape index (κ3) is 5.67. The number of carbonyl (C=O) groups excluding carboxylic acids is 3. The monoisotopic (exact) mass is 478 g/mol. The molecule has 1 N–H and O–H groups in total. The predicted octanol–water partition coefficient (Wildman–Crippen LogP) is 4.47. The fourth-order valence-corrected chi connectivity index (χ4v) is 5.35. The summed E-state index contributed by atoms with van der Waals surface area (Å²) in [5.41, 5.74) is 2.92. The van der Waals surface area contributed by atoms with Gasteiger partial charge in [-0.05, 0) is 61.6 Å². The Morgan fingerprint density at radius 1 is 1.03 bits per heavy atom. The van der Waals surface area contributed by atoms with Crippen molar-refractivity contribution in [1.82, 2.24) is 14.5 Å². The Kier molecular flexibility index (Phi) is 7.36. The van der Waals surface area contributed by atoms with Crippen molar-refractivity contribution in [2.75, 3.05) is 24.2 Å². The van der Waals surface area contributed by atoms with Crippen molar-refractivity contribution in [2.24, 2.45) is 11.8 Å². The Labute approximate surface area is 203 Å². The van der Waals surface area contributed by atoms with Crippen LogP contribution in [-0.2, 0) is 16.1 Å². The number of ketones is 1. The van der Waals surface area contributed by atoms with Crippen molar-refractivity contribution in [2.45, 2.75) is 38.9 Å². The summed E-state index contributed by atoms with van der Waals surface area (Å²) in [6, 6.07) is 14.5. The predicted molar refractivity (Wildman–Crippen MR) is 135 cm³/mol. The molecule has 0 spiro atoms. The van der Waals surface area contributed by atoms with Gasteiger partial charge < -0.3 is 14.8 Å². The Hall–Kier alpha value is -3.13. The van der Waals surface area contributed by atoms with E-state index in [2.05, 4.69) is 24.1 Å². The standard InChI is InChI=1S/C26H30N4O3S/c1-17-12-18(2)14-29(13-17)25(33)15-30-23-7-5-4-6-22(23)28-26(30)34-16-24(32)27-21-10-8-20(9-11-21)19(3)31/h4-11,17-18H,12-16H2,1-3H3,(H,27,32)/t17-,18-/m1/s1. The zero-order chi connectivity index (χ0) is 24.2. The fourth-order valence-electron chi connectivity index (χ4n) is 4.53. The molecule has 2 heterocycles. The Morgan fingerprint density at radius 2 is 1.71 bits per heavy atom. The van der Waals surface area contributed by atoms with Gasteiger partial charge in [0.2, 0.25) is 11.8 Å². The third-order valence-electron chi connectivity index (χ3n) is 6.04. The lowest BCUT2D eigenvalue weighted by Gasteiger charge is -2.35. The number of fused-ring (bicyclic) bond motifs is 1. The normalized spacial score (nSPS) is 18.1. The number of likely N-dealkylation sites (tertiary alicyclic amines) is 1. The number of anilines is 1. The number of nitrogens with one attached hydrogen (secondary N) is 1. The van der Waals surface area contributed by atoms with Crippen molar-refractivity contribution in [1.29, 1.82) is 0 Å². The average Bonchev–Trinajstić information content (AvgIpc) is 3.14. The molecule has 178 valence electrons. The highest BCUT2D eigenvalue weighted by Gasteiger charge is 2.26. The second kappa shape index (κ2) is 10.4. The molecule has 1 fully saturated rings. The molecule has 3 aromatic rings. The number of imidazole rings is 1. The van der Waals surface area contributed by atoms with E-state index in [4.69, 9.17) is 0 Å². The number of Topliss-reactive ketones (excluding diaryl/α,β-unsaturated/α-hetero) is 1. The molecule has 0 saturated carbocycles. The largest absolute Gasteiger partial charge is 0.341 e. The number of benzene rings is 2. The van der Waals surface area contributed by atoms with E-state index in [1.807, 2.05) is 33.7 Å². The molecule has 0 aliphatic carbocycles. The molecular formula is C26H30N4O3S. The van der Waals surface area contributed by atoms with Crippen molar-refractivity contribution in [3.05, 3.63) is 54.1 Å². The Bertz CT molecular complexity index is 1190. The summed E-state index contributed by atoms with van der Waals surface area (Å²) in [6.07, 6.45) is 1.14. The van der Waals surface area contributed by atoms with Crippen LogP contribution in [0.2, 0.25) is 0 Å². The first-order valence-corrected chi connectivity index (χ1v) is 12.6. The first-order chi connectivity index (χ1) is 16.3. The number of rotatable bonds is 7. The van der Waals surface area contributed by atoms with Gasteiger partial charge in [0, 0.05) is 24.3 Å². The van der Waals surface area contributed by atoms with E-state index in [1.54, 1.807) is 24.3 Å². The highest BCUT2D eigenvalue weighted by Crippen LogP contribution is 2.26. The van der Waals surface area contributed by atoms with Gasteiger partial charge in [-0.2, -0.15) is 0 Å². The van der Waals surface area contributed by atoms with Crippen LogP contribution in [0.5, 0.6) is 0 Å². The van der Waals surface area contributed by atoms with E-state index < -0.39 is 0 Å². The van der Waals surface area contributed by atoms with Crippen LogP contribution in [0.1, 0.15) is 37.6 Å². The molecule has 1 aromatic heterocycles. The number of amides is 2. The number of piperidine rings is 1. The average molecular weight is 479 g/mol. The number of hydrogen-bond donors (Lipinski definition) is 1. The molecule has 1 aliphatic rings. The minimum absolute atomic E-state index is 0.0182. The topological polar surface area (TPSA) is 84.3 Å². The molecule has 0 bridgehead atoms.